The first-order valence-electron chi connectivity index (χ1n) is 5.71. The van der Waals surface area contributed by atoms with Gasteiger partial charge < -0.3 is 20.1 Å². The maximum atomic E-state index is 8.94. The fourth-order valence-corrected chi connectivity index (χ4v) is 1.99. The Bertz CT molecular complexity index is 555. The Kier molecular flexibility index (Phi) is 2.73. The fourth-order valence-electron chi connectivity index (χ4n) is 1.99. The van der Waals surface area contributed by atoms with Gasteiger partial charge in [0.15, 0.2) is 5.82 Å². The van der Waals surface area contributed by atoms with Gasteiger partial charge in [0.25, 0.3) is 0 Å². The van der Waals surface area contributed by atoms with Crippen LogP contribution in [0.3, 0.4) is 0 Å². The van der Waals surface area contributed by atoms with E-state index in [1.165, 1.54) is 0 Å². The Morgan fingerprint density at radius 1 is 1.44 bits per heavy atom. The van der Waals surface area contributed by atoms with Gasteiger partial charge in [-0.25, -0.2) is 0 Å². The van der Waals surface area contributed by atoms with E-state index < -0.39 is 6.04 Å². The fraction of sp³-hybridized carbons (Fsp3) is 0.333. The van der Waals surface area contributed by atoms with Gasteiger partial charge in [0, 0.05) is 5.56 Å². The summed E-state index contributed by atoms with van der Waals surface area (Å²) in [5.41, 5.74) is 6.67. The molecule has 18 heavy (non-hydrogen) atoms. The number of benzene rings is 1. The second-order valence-electron chi connectivity index (χ2n) is 4.18. The first kappa shape index (κ1) is 11.2. The number of nitrogens with two attached hydrogens (primary N) is 1. The molecule has 0 amide bonds. The van der Waals surface area contributed by atoms with E-state index in [1.807, 2.05) is 24.3 Å². The molecule has 1 unspecified atom stereocenters. The van der Waals surface area contributed by atoms with E-state index in [4.69, 9.17) is 20.1 Å². The Morgan fingerprint density at radius 2 is 2.28 bits per heavy atom. The number of rotatable bonds is 3. The highest BCUT2D eigenvalue weighted by molar-refractivity contribution is 5.42. The minimum Gasteiger partial charge on any atom is -0.492 e. The Balaban J connectivity index is 1.91. The number of para-hydroxylation sites is 1. The summed E-state index contributed by atoms with van der Waals surface area (Å²) in [6, 6.07) is 7.12. The molecule has 1 aromatic heterocycles. The van der Waals surface area contributed by atoms with Crippen LogP contribution in [-0.2, 0) is 0 Å². The summed E-state index contributed by atoms with van der Waals surface area (Å²) >= 11 is 0. The molecule has 3 rings (SSSR count). The lowest BCUT2D eigenvalue weighted by Gasteiger charge is -2.02. The molecule has 94 valence electrons. The van der Waals surface area contributed by atoms with Gasteiger partial charge in [0.05, 0.1) is 12.5 Å². The molecule has 0 saturated carbocycles. The number of aliphatic hydroxyl groups excluding tert-OH is 1. The van der Waals surface area contributed by atoms with E-state index >= 15 is 0 Å². The maximum Gasteiger partial charge on any atom is 0.245 e. The lowest BCUT2D eigenvalue weighted by Crippen LogP contribution is -2.15. The molecule has 0 spiro atoms. The van der Waals surface area contributed by atoms with Gasteiger partial charge in [0.1, 0.15) is 18.4 Å². The van der Waals surface area contributed by atoms with Gasteiger partial charge in [0.2, 0.25) is 5.89 Å². The van der Waals surface area contributed by atoms with E-state index in [1.54, 1.807) is 0 Å². The summed E-state index contributed by atoms with van der Waals surface area (Å²) in [6.07, 6.45) is 0. The molecule has 6 heteroatoms. The molecule has 0 bridgehead atoms. The molecule has 1 aliphatic rings. The predicted octanol–water partition coefficient (Wildman–Crippen LogP) is 0.586. The third-order valence-electron chi connectivity index (χ3n) is 2.98. The second kappa shape index (κ2) is 4.40. The van der Waals surface area contributed by atoms with Crippen molar-refractivity contribution in [1.29, 1.82) is 0 Å². The third kappa shape index (κ3) is 1.75. The number of aliphatic hydroxyl groups is 1. The SMILES string of the molecule is N[C@@H](CO)c1nc(C2COc3ccccc32)no1. The van der Waals surface area contributed by atoms with Crippen LogP contribution in [0, 0.1) is 0 Å². The van der Waals surface area contributed by atoms with Gasteiger partial charge >= 0.3 is 0 Å². The van der Waals surface area contributed by atoms with Crippen LogP contribution in [0.25, 0.3) is 0 Å². The summed E-state index contributed by atoms with van der Waals surface area (Å²) in [6.45, 7) is 0.270. The molecule has 3 N–H and O–H groups in total. The molecule has 2 aromatic rings. The van der Waals surface area contributed by atoms with E-state index in [9.17, 15) is 0 Å². The molecule has 0 radical (unpaired) electrons. The Labute approximate surface area is 103 Å². The molecule has 1 aliphatic heterocycles. The van der Waals surface area contributed by atoms with Crippen LogP contribution < -0.4 is 10.5 Å². The van der Waals surface area contributed by atoms with Crippen LogP contribution in [0.4, 0.5) is 0 Å². The first-order chi connectivity index (χ1) is 8.79. The number of hydrogen-bond donors (Lipinski definition) is 2. The van der Waals surface area contributed by atoms with Crippen LogP contribution in [0.15, 0.2) is 28.8 Å². The molecule has 1 aromatic carbocycles. The van der Waals surface area contributed by atoms with E-state index in [-0.39, 0.29) is 18.4 Å². The van der Waals surface area contributed by atoms with Gasteiger partial charge in [-0.1, -0.05) is 23.4 Å². The van der Waals surface area contributed by atoms with E-state index in [0.29, 0.717) is 12.4 Å². The standard InChI is InChI=1S/C12H13N3O3/c13-9(5-16)12-14-11(15-18-12)8-6-17-10-4-2-1-3-7(8)10/h1-4,8-9,16H,5-6,13H2/t8?,9-/m0/s1. The zero-order valence-electron chi connectivity index (χ0n) is 9.61. The van der Waals surface area contributed by atoms with Crippen LogP contribution in [0.2, 0.25) is 0 Å². The van der Waals surface area contributed by atoms with Crippen molar-refractivity contribution in [3.8, 4) is 5.75 Å². The van der Waals surface area contributed by atoms with Crippen LogP contribution in [0.5, 0.6) is 5.75 Å². The minimum absolute atomic E-state index is 0.0374. The first-order valence-corrected chi connectivity index (χ1v) is 5.71. The average molecular weight is 247 g/mol. The molecule has 0 saturated heterocycles. The quantitative estimate of drug-likeness (QED) is 0.824. The van der Waals surface area contributed by atoms with Crippen molar-refractivity contribution in [3.05, 3.63) is 41.5 Å². The Morgan fingerprint density at radius 3 is 3.11 bits per heavy atom. The van der Waals surface area contributed by atoms with E-state index in [2.05, 4.69) is 10.1 Å². The van der Waals surface area contributed by atoms with Crippen LogP contribution in [0.1, 0.15) is 29.2 Å². The van der Waals surface area contributed by atoms with Crippen molar-refractivity contribution in [1.82, 2.24) is 10.1 Å². The molecule has 2 atom stereocenters. The van der Waals surface area contributed by atoms with Gasteiger partial charge in [-0.15, -0.1) is 0 Å². The number of ether oxygens (including phenoxy) is 1. The second-order valence-corrected chi connectivity index (χ2v) is 4.18. The van der Waals surface area contributed by atoms with Crippen molar-refractivity contribution in [2.75, 3.05) is 13.2 Å². The topological polar surface area (TPSA) is 94.4 Å². The molecular weight excluding hydrogens is 234 g/mol. The van der Waals surface area contributed by atoms with E-state index in [0.717, 1.165) is 11.3 Å². The number of hydrogen-bond acceptors (Lipinski definition) is 6. The zero-order valence-corrected chi connectivity index (χ0v) is 9.61. The normalized spacial score (nSPS) is 19.3. The summed E-state index contributed by atoms with van der Waals surface area (Å²) < 4.78 is 10.6. The monoisotopic (exact) mass is 247 g/mol. The number of fused-ring (bicyclic) bond motifs is 1. The van der Waals surface area contributed by atoms with Gasteiger partial charge in [-0.3, -0.25) is 0 Å². The van der Waals surface area contributed by atoms with Crippen molar-refractivity contribution >= 4 is 0 Å². The molecule has 0 fully saturated rings. The highest BCUT2D eigenvalue weighted by Gasteiger charge is 2.30. The highest BCUT2D eigenvalue weighted by Crippen LogP contribution is 2.36. The smallest absolute Gasteiger partial charge is 0.245 e. The summed E-state index contributed by atoms with van der Waals surface area (Å²) in [5.74, 6) is 1.60. The lowest BCUT2D eigenvalue weighted by atomic mass is 10.0. The minimum atomic E-state index is -0.635. The third-order valence-corrected chi connectivity index (χ3v) is 2.98. The maximum absolute atomic E-state index is 8.94. The van der Waals surface area contributed by atoms with Crippen molar-refractivity contribution in [2.45, 2.75) is 12.0 Å². The molecule has 6 nitrogen and oxygen atoms in total. The zero-order chi connectivity index (χ0) is 12.5. The molecule has 0 aliphatic carbocycles. The van der Waals surface area contributed by atoms with Crippen LogP contribution in [-0.4, -0.2) is 28.5 Å². The number of nitrogens with zero attached hydrogens (tertiary/aromatic N) is 2. The molecule has 2 heterocycles. The number of aromatic nitrogens is 2. The van der Waals surface area contributed by atoms with Crippen molar-refractivity contribution in [3.63, 3.8) is 0 Å². The van der Waals surface area contributed by atoms with Crippen molar-refractivity contribution in [2.24, 2.45) is 5.73 Å². The Hall–Kier alpha value is -1.92. The van der Waals surface area contributed by atoms with Gasteiger partial charge in [-0.2, -0.15) is 4.98 Å². The van der Waals surface area contributed by atoms with Crippen molar-refractivity contribution < 1.29 is 14.4 Å². The largest absolute Gasteiger partial charge is 0.492 e. The predicted molar refractivity (Wildman–Crippen MR) is 62.1 cm³/mol. The lowest BCUT2D eigenvalue weighted by molar-refractivity contribution is 0.236. The average Bonchev–Trinajstić information content (AvgIpc) is 3.03. The summed E-state index contributed by atoms with van der Waals surface area (Å²) in [4.78, 5) is 4.22. The summed E-state index contributed by atoms with van der Waals surface area (Å²) in [5, 5.41) is 12.9. The highest BCUT2D eigenvalue weighted by atomic mass is 16.5. The summed E-state index contributed by atoms with van der Waals surface area (Å²) in [7, 11) is 0. The van der Waals surface area contributed by atoms with Gasteiger partial charge in [-0.05, 0) is 6.07 Å². The molecular formula is C12H13N3O3. The van der Waals surface area contributed by atoms with Crippen LogP contribution >= 0.6 is 0 Å².